The Balaban J connectivity index is 1.94. The van der Waals surface area contributed by atoms with Gasteiger partial charge >= 0.3 is 0 Å². The molecule has 1 aliphatic carbocycles. The molecule has 130 valence electrons. The highest BCUT2D eigenvalue weighted by molar-refractivity contribution is 7.10. The van der Waals surface area contributed by atoms with Crippen molar-refractivity contribution in [1.82, 2.24) is 10.6 Å². The van der Waals surface area contributed by atoms with Gasteiger partial charge in [-0.15, -0.1) is 11.3 Å². The maximum Gasteiger partial charge on any atom is 0.191 e. The standard InChI is InChI=1S/C18H31N3OS/c1-4-19-16(21-14-18(22)10-6-5-7-11-18)20-13-17(2,3)15-9-8-12-23-15/h8-9,12,22H,4-7,10-11,13-14H2,1-3H3,(H2,19,20,21). The second kappa shape index (κ2) is 8.15. The van der Waals surface area contributed by atoms with Crippen molar-refractivity contribution in [2.75, 3.05) is 19.6 Å². The van der Waals surface area contributed by atoms with Gasteiger partial charge in [0, 0.05) is 23.4 Å². The highest BCUT2D eigenvalue weighted by Gasteiger charge is 2.29. The van der Waals surface area contributed by atoms with E-state index in [1.54, 1.807) is 11.3 Å². The third-order valence-electron chi connectivity index (χ3n) is 4.53. The molecule has 23 heavy (non-hydrogen) atoms. The number of thiophene rings is 1. The van der Waals surface area contributed by atoms with Crippen LogP contribution < -0.4 is 10.6 Å². The molecule has 1 saturated carbocycles. The van der Waals surface area contributed by atoms with Gasteiger partial charge in [-0.25, -0.2) is 0 Å². The molecule has 0 aliphatic heterocycles. The first-order chi connectivity index (χ1) is 11.0. The van der Waals surface area contributed by atoms with Gasteiger partial charge in [0.25, 0.3) is 0 Å². The minimum Gasteiger partial charge on any atom is -0.388 e. The van der Waals surface area contributed by atoms with E-state index >= 15 is 0 Å². The molecule has 0 spiro atoms. The van der Waals surface area contributed by atoms with Crippen LogP contribution in [-0.4, -0.2) is 36.3 Å². The predicted molar refractivity (Wildman–Crippen MR) is 99.4 cm³/mol. The summed E-state index contributed by atoms with van der Waals surface area (Å²) in [5, 5.41) is 19.4. The van der Waals surface area contributed by atoms with E-state index in [0.29, 0.717) is 6.54 Å². The molecule has 0 saturated heterocycles. The van der Waals surface area contributed by atoms with Crippen LogP contribution in [0.2, 0.25) is 0 Å². The van der Waals surface area contributed by atoms with Crippen LogP contribution in [0.15, 0.2) is 22.5 Å². The summed E-state index contributed by atoms with van der Waals surface area (Å²) in [4.78, 5) is 6.10. The summed E-state index contributed by atoms with van der Waals surface area (Å²) in [7, 11) is 0. The highest BCUT2D eigenvalue weighted by atomic mass is 32.1. The Morgan fingerprint density at radius 3 is 2.65 bits per heavy atom. The fraction of sp³-hybridized carbons (Fsp3) is 0.722. The van der Waals surface area contributed by atoms with Crippen molar-refractivity contribution in [1.29, 1.82) is 0 Å². The van der Waals surface area contributed by atoms with Crippen LogP contribution in [0, 0.1) is 0 Å². The first-order valence-corrected chi connectivity index (χ1v) is 9.62. The molecule has 1 heterocycles. The molecule has 0 atom stereocenters. The molecule has 1 aromatic heterocycles. The Morgan fingerprint density at radius 1 is 1.30 bits per heavy atom. The Labute approximate surface area is 144 Å². The SMILES string of the molecule is CCNC(=NCC(C)(C)c1cccs1)NCC1(O)CCCCC1. The van der Waals surface area contributed by atoms with Crippen LogP contribution in [0.25, 0.3) is 0 Å². The van der Waals surface area contributed by atoms with E-state index in [2.05, 4.69) is 48.9 Å². The number of nitrogens with zero attached hydrogens (tertiary/aromatic N) is 1. The predicted octanol–water partition coefficient (Wildman–Crippen LogP) is 3.28. The van der Waals surface area contributed by atoms with Gasteiger partial charge in [0.15, 0.2) is 5.96 Å². The summed E-state index contributed by atoms with van der Waals surface area (Å²) in [6.07, 6.45) is 5.26. The van der Waals surface area contributed by atoms with Crippen LogP contribution in [0.3, 0.4) is 0 Å². The molecule has 2 rings (SSSR count). The summed E-state index contributed by atoms with van der Waals surface area (Å²) in [5.74, 6) is 0.802. The lowest BCUT2D eigenvalue weighted by atomic mass is 9.85. The monoisotopic (exact) mass is 337 g/mol. The van der Waals surface area contributed by atoms with Crippen LogP contribution in [0.1, 0.15) is 57.8 Å². The Kier molecular flexibility index (Phi) is 6.48. The zero-order valence-corrected chi connectivity index (χ0v) is 15.5. The second-order valence-electron chi connectivity index (χ2n) is 7.19. The fourth-order valence-corrected chi connectivity index (χ4v) is 3.84. The minimum absolute atomic E-state index is 0.0260. The van der Waals surface area contributed by atoms with Gasteiger partial charge < -0.3 is 15.7 Å². The van der Waals surface area contributed by atoms with Gasteiger partial charge in [-0.2, -0.15) is 0 Å². The van der Waals surface area contributed by atoms with Crippen molar-refractivity contribution in [2.45, 2.75) is 63.9 Å². The van der Waals surface area contributed by atoms with Crippen molar-refractivity contribution in [3.63, 3.8) is 0 Å². The summed E-state index contributed by atoms with van der Waals surface area (Å²) >= 11 is 1.78. The lowest BCUT2D eigenvalue weighted by molar-refractivity contribution is 0.00859. The van der Waals surface area contributed by atoms with E-state index in [1.807, 2.05) is 0 Å². The molecule has 4 nitrogen and oxygen atoms in total. The highest BCUT2D eigenvalue weighted by Crippen LogP contribution is 2.28. The average Bonchev–Trinajstić information content (AvgIpc) is 3.06. The molecule has 5 heteroatoms. The number of aliphatic hydroxyl groups is 1. The first-order valence-electron chi connectivity index (χ1n) is 8.74. The van der Waals surface area contributed by atoms with Gasteiger partial charge in [-0.3, -0.25) is 4.99 Å². The number of hydrogen-bond donors (Lipinski definition) is 3. The van der Waals surface area contributed by atoms with Crippen LogP contribution in [0.5, 0.6) is 0 Å². The van der Waals surface area contributed by atoms with Gasteiger partial charge in [-0.1, -0.05) is 39.2 Å². The van der Waals surface area contributed by atoms with Gasteiger partial charge in [0.1, 0.15) is 0 Å². The van der Waals surface area contributed by atoms with E-state index in [0.717, 1.165) is 44.7 Å². The van der Waals surface area contributed by atoms with Gasteiger partial charge in [0.2, 0.25) is 0 Å². The normalized spacial score (nSPS) is 18.7. The zero-order chi connectivity index (χ0) is 16.8. The molecular weight excluding hydrogens is 306 g/mol. The number of hydrogen-bond acceptors (Lipinski definition) is 3. The lowest BCUT2D eigenvalue weighted by Gasteiger charge is -2.32. The van der Waals surface area contributed by atoms with Crippen molar-refractivity contribution in [3.05, 3.63) is 22.4 Å². The molecule has 0 unspecified atom stereocenters. The third-order valence-corrected chi connectivity index (χ3v) is 5.77. The van der Waals surface area contributed by atoms with Crippen molar-refractivity contribution < 1.29 is 5.11 Å². The molecular formula is C18H31N3OS. The molecule has 1 aromatic rings. The Hall–Kier alpha value is -1.07. The second-order valence-corrected chi connectivity index (χ2v) is 8.14. The number of guanidine groups is 1. The third kappa shape index (κ3) is 5.50. The molecule has 0 aromatic carbocycles. The number of nitrogens with one attached hydrogen (secondary N) is 2. The summed E-state index contributed by atoms with van der Waals surface area (Å²) in [6, 6.07) is 4.26. The topological polar surface area (TPSA) is 56.7 Å². The molecule has 3 N–H and O–H groups in total. The summed E-state index contributed by atoms with van der Waals surface area (Å²) < 4.78 is 0. The summed E-state index contributed by atoms with van der Waals surface area (Å²) in [5.41, 5.74) is -0.546. The van der Waals surface area contributed by atoms with E-state index in [4.69, 9.17) is 4.99 Å². The maximum atomic E-state index is 10.6. The van der Waals surface area contributed by atoms with E-state index in [-0.39, 0.29) is 5.41 Å². The lowest BCUT2D eigenvalue weighted by Crippen LogP contribution is -2.48. The molecule has 0 amide bonds. The first kappa shape index (κ1) is 18.3. The van der Waals surface area contributed by atoms with Gasteiger partial charge in [0.05, 0.1) is 12.1 Å². The number of rotatable bonds is 6. The van der Waals surface area contributed by atoms with Crippen molar-refractivity contribution in [3.8, 4) is 0 Å². The van der Waals surface area contributed by atoms with Crippen molar-refractivity contribution >= 4 is 17.3 Å². The van der Waals surface area contributed by atoms with Crippen LogP contribution in [0.4, 0.5) is 0 Å². The molecule has 0 radical (unpaired) electrons. The number of aliphatic imine (C=N–C) groups is 1. The van der Waals surface area contributed by atoms with Gasteiger partial charge in [-0.05, 0) is 31.2 Å². The Bertz CT molecular complexity index is 490. The largest absolute Gasteiger partial charge is 0.388 e. The molecule has 1 aliphatic rings. The quantitative estimate of drug-likeness (QED) is 0.551. The van der Waals surface area contributed by atoms with E-state index in [1.165, 1.54) is 11.3 Å². The van der Waals surface area contributed by atoms with Crippen LogP contribution in [-0.2, 0) is 5.41 Å². The van der Waals surface area contributed by atoms with Crippen molar-refractivity contribution in [2.24, 2.45) is 4.99 Å². The fourth-order valence-electron chi connectivity index (χ4n) is 2.99. The smallest absolute Gasteiger partial charge is 0.191 e. The maximum absolute atomic E-state index is 10.6. The average molecular weight is 338 g/mol. The Morgan fingerprint density at radius 2 is 2.04 bits per heavy atom. The molecule has 1 fully saturated rings. The zero-order valence-electron chi connectivity index (χ0n) is 14.7. The van der Waals surface area contributed by atoms with E-state index in [9.17, 15) is 5.11 Å². The summed E-state index contributed by atoms with van der Waals surface area (Å²) in [6.45, 7) is 8.64. The van der Waals surface area contributed by atoms with E-state index < -0.39 is 5.60 Å². The minimum atomic E-state index is -0.572. The van der Waals surface area contributed by atoms with Crippen LogP contribution >= 0.6 is 11.3 Å². The molecule has 0 bridgehead atoms.